The van der Waals surface area contributed by atoms with Gasteiger partial charge in [-0.15, -0.1) is 0 Å². The summed E-state index contributed by atoms with van der Waals surface area (Å²) >= 11 is 0. The quantitative estimate of drug-likeness (QED) is 0.139. The molecule has 240 valence electrons. The first-order valence-corrected chi connectivity index (χ1v) is 17.8. The Labute approximate surface area is 300 Å². The molecule has 2 heteroatoms. The van der Waals surface area contributed by atoms with E-state index in [1.54, 1.807) is 0 Å². The van der Waals surface area contributed by atoms with E-state index in [4.69, 9.17) is 9.97 Å². The van der Waals surface area contributed by atoms with Gasteiger partial charge in [-0.3, -0.25) is 0 Å². The average Bonchev–Trinajstić information content (AvgIpc) is 3.22. The molecule has 0 aliphatic rings. The first-order chi connectivity index (χ1) is 25.8. The second-order valence-electron chi connectivity index (χ2n) is 13.7. The van der Waals surface area contributed by atoms with Crippen LogP contribution in [0.4, 0.5) is 0 Å². The molecule has 0 spiro atoms. The van der Waals surface area contributed by atoms with E-state index in [9.17, 15) is 0 Å². The largest absolute Gasteiger partial charge is 0.247 e. The van der Waals surface area contributed by atoms with Crippen LogP contribution in [0.5, 0.6) is 0 Å². The molecule has 0 aliphatic carbocycles. The van der Waals surface area contributed by atoms with Crippen molar-refractivity contribution in [2.24, 2.45) is 0 Å². The van der Waals surface area contributed by atoms with Crippen LogP contribution >= 0.6 is 0 Å². The molecular formula is C50H30N2. The van der Waals surface area contributed by atoms with Gasteiger partial charge in [0.2, 0.25) is 0 Å². The first kappa shape index (κ1) is 28.9. The lowest BCUT2D eigenvalue weighted by Crippen LogP contribution is -1.92. The maximum atomic E-state index is 5.36. The topological polar surface area (TPSA) is 25.8 Å². The summed E-state index contributed by atoms with van der Waals surface area (Å²) in [4.78, 5) is 10.6. The van der Waals surface area contributed by atoms with Crippen LogP contribution < -0.4 is 0 Å². The van der Waals surface area contributed by atoms with Gasteiger partial charge in [0, 0.05) is 48.8 Å². The predicted molar refractivity (Wildman–Crippen MR) is 221 cm³/mol. The van der Waals surface area contributed by atoms with Crippen LogP contribution in [0.25, 0.3) is 109 Å². The summed E-state index contributed by atoms with van der Waals surface area (Å²) in [5.41, 5.74) is 9.97. The van der Waals surface area contributed by atoms with Crippen LogP contribution in [0.3, 0.4) is 0 Å². The fourth-order valence-corrected chi connectivity index (χ4v) is 8.31. The standard InChI is InChI=1S/C50H30N2/c1-4-12-38-33(9-1)25-30-44-47(38)41-15-7-8-16-45(41)51-48(44)37-23-19-32(20-24-37)31-17-21-36(22-18-31)46-42-28-26-34-10-2-5-13-39(34)49(42)52-50-40-14-6-3-11-35(40)27-29-43(46)50/h1-30H. The molecule has 0 fully saturated rings. The molecule has 2 nitrogen and oxygen atoms in total. The summed E-state index contributed by atoms with van der Waals surface area (Å²) in [6, 6.07) is 65.6. The zero-order valence-corrected chi connectivity index (χ0v) is 28.2. The number of benzene rings is 9. The molecule has 11 rings (SSSR count). The fraction of sp³-hybridized carbons (Fsp3) is 0. The van der Waals surface area contributed by atoms with Crippen molar-refractivity contribution in [3.63, 3.8) is 0 Å². The minimum Gasteiger partial charge on any atom is -0.247 e. The minimum absolute atomic E-state index is 1.01. The van der Waals surface area contributed by atoms with E-state index >= 15 is 0 Å². The highest BCUT2D eigenvalue weighted by Gasteiger charge is 2.17. The molecule has 0 aliphatic heterocycles. The zero-order chi connectivity index (χ0) is 34.2. The first-order valence-electron chi connectivity index (χ1n) is 17.8. The average molecular weight is 659 g/mol. The summed E-state index contributed by atoms with van der Waals surface area (Å²) in [5.74, 6) is 0. The van der Waals surface area contributed by atoms with Crippen LogP contribution in [0, 0.1) is 0 Å². The molecule has 0 saturated heterocycles. The highest BCUT2D eigenvalue weighted by Crippen LogP contribution is 2.41. The molecule has 0 saturated carbocycles. The van der Waals surface area contributed by atoms with Crippen LogP contribution in [-0.2, 0) is 0 Å². The third-order valence-corrected chi connectivity index (χ3v) is 10.8. The van der Waals surface area contributed by atoms with Gasteiger partial charge in [0.15, 0.2) is 0 Å². The van der Waals surface area contributed by atoms with Gasteiger partial charge in [-0.1, -0.05) is 176 Å². The molecule has 0 atom stereocenters. The highest BCUT2D eigenvalue weighted by atomic mass is 14.7. The fourth-order valence-electron chi connectivity index (χ4n) is 8.31. The molecular weight excluding hydrogens is 629 g/mol. The van der Waals surface area contributed by atoms with Crippen molar-refractivity contribution in [2.45, 2.75) is 0 Å². The van der Waals surface area contributed by atoms with E-state index in [1.807, 2.05) is 0 Å². The Morgan fingerprint density at radius 3 is 1.31 bits per heavy atom. The number of hydrogen-bond donors (Lipinski definition) is 0. The van der Waals surface area contributed by atoms with E-state index in [2.05, 4.69) is 182 Å². The van der Waals surface area contributed by atoms with Crippen molar-refractivity contribution in [1.29, 1.82) is 0 Å². The molecule has 2 heterocycles. The van der Waals surface area contributed by atoms with Gasteiger partial charge >= 0.3 is 0 Å². The van der Waals surface area contributed by atoms with Crippen LogP contribution in [0.2, 0.25) is 0 Å². The van der Waals surface area contributed by atoms with Gasteiger partial charge in [-0.05, 0) is 44.3 Å². The van der Waals surface area contributed by atoms with E-state index in [-0.39, 0.29) is 0 Å². The number of pyridine rings is 2. The van der Waals surface area contributed by atoms with Crippen LogP contribution in [0.1, 0.15) is 0 Å². The van der Waals surface area contributed by atoms with E-state index in [1.165, 1.54) is 81.5 Å². The Hall–Kier alpha value is -6.90. The lowest BCUT2D eigenvalue weighted by atomic mass is 9.91. The van der Waals surface area contributed by atoms with Crippen molar-refractivity contribution >= 4 is 75.8 Å². The minimum atomic E-state index is 1.01. The summed E-state index contributed by atoms with van der Waals surface area (Å²) in [7, 11) is 0. The van der Waals surface area contributed by atoms with Gasteiger partial charge in [0.1, 0.15) is 0 Å². The number of fused-ring (bicyclic) bond motifs is 11. The van der Waals surface area contributed by atoms with Gasteiger partial charge in [-0.2, -0.15) is 0 Å². The zero-order valence-electron chi connectivity index (χ0n) is 28.2. The molecule has 0 bridgehead atoms. The van der Waals surface area contributed by atoms with E-state index in [0.29, 0.717) is 0 Å². The highest BCUT2D eigenvalue weighted by molar-refractivity contribution is 6.23. The summed E-state index contributed by atoms with van der Waals surface area (Å²) in [6.07, 6.45) is 0. The van der Waals surface area contributed by atoms with E-state index in [0.717, 1.165) is 27.8 Å². The monoisotopic (exact) mass is 658 g/mol. The lowest BCUT2D eigenvalue weighted by molar-refractivity contribution is 1.43. The molecule has 9 aromatic carbocycles. The van der Waals surface area contributed by atoms with Crippen molar-refractivity contribution in [2.75, 3.05) is 0 Å². The molecule has 0 amide bonds. The number of rotatable bonds is 3. The van der Waals surface area contributed by atoms with Gasteiger partial charge in [-0.25, -0.2) is 9.97 Å². The number of nitrogens with zero attached hydrogens (tertiary/aromatic N) is 2. The Balaban J connectivity index is 1.04. The second-order valence-corrected chi connectivity index (χ2v) is 13.7. The number of aromatic nitrogens is 2. The van der Waals surface area contributed by atoms with Gasteiger partial charge < -0.3 is 0 Å². The second kappa shape index (κ2) is 11.3. The lowest BCUT2D eigenvalue weighted by Gasteiger charge is -2.15. The molecule has 2 aromatic heterocycles. The smallest absolute Gasteiger partial charge is 0.0794 e. The predicted octanol–water partition coefficient (Wildman–Crippen LogP) is 13.5. The summed E-state index contributed by atoms with van der Waals surface area (Å²) < 4.78 is 0. The Bertz CT molecular complexity index is 3100. The molecule has 0 N–H and O–H groups in total. The van der Waals surface area contributed by atoms with Crippen molar-refractivity contribution in [3.8, 4) is 33.5 Å². The molecule has 0 radical (unpaired) electrons. The van der Waals surface area contributed by atoms with Gasteiger partial charge in [0.25, 0.3) is 0 Å². The van der Waals surface area contributed by atoms with Crippen molar-refractivity contribution in [3.05, 3.63) is 182 Å². The molecule has 11 aromatic rings. The Morgan fingerprint density at radius 2 is 0.712 bits per heavy atom. The third-order valence-electron chi connectivity index (χ3n) is 10.8. The Kier molecular flexibility index (Phi) is 6.28. The van der Waals surface area contributed by atoms with Crippen LogP contribution in [0.15, 0.2) is 182 Å². The molecule has 52 heavy (non-hydrogen) atoms. The SMILES string of the molecule is c1ccc2c(c1)ccc1c(-c3ccc(-c4ccc(-c5nc6ccccc6c6c5ccc5ccccc56)cc4)cc3)c3ccc4ccccc4c3nc12. The maximum Gasteiger partial charge on any atom is 0.0794 e. The summed E-state index contributed by atoms with van der Waals surface area (Å²) in [6.45, 7) is 0. The van der Waals surface area contributed by atoms with Crippen molar-refractivity contribution in [1.82, 2.24) is 9.97 Å². The molecule has 0 unspecified atom stereocenters. The van der Waals surface area contributed by atoms with Crippen molar-refractivity contribution < 1.29 is 0 Å². The maximum absolute atomic E-state index is 5.36. The third kappa shape index (κ3) is 4.38. The van der Waals surface area contributed by atoms with Crippen LogP contribution in [-0.4, -0.2) is 9.97 Å². The van der Waals surface area contributed by atoms with E-state index < -0.39 is 0 Å². The normalized spacial score (nSPS) is 11.8. The number of hydrogen-bond acceptors (Lipinski definition) is 2. The Morgan fingerprint density at radius 1 is 0.269 bits per heavy atom. The number of para-hydroxylation sites is 1. The van der Waals surface area contributed by atoms with Gasteiger partial charge in [0.05, 0.1) is 22.2 Å². The summed E-state index contributed by atoms with van der Waals surface area (Å²) in [5, 5.41) is 13.2.